The molecule has 3 fully saturated rings. The molecule has 0 saturated carbocycles. The highest BCUT2D eigenvalue weighted by molar-refractivity contribution is 5.79. The van der Waals surface area contributed by atoms with Gasteiger partial charge in [-0.15, -0.1) is 0 Å². The lowest BCUT2D eigenvalue weighted by Gasteiger charge is -2.48. The molecule has 1 aliphatic carbocycles. The molecule has 0 bridgehead atoms. The zero-order valence-electron chi connectivity index (χ0n) is 23.2. The summed E-state index contributed by atoms with van der Waals surface area (Å²) in [5.74, 6) is -1.02. The second-order valence-corrected chi connectivity index (χ2v) is 11.6. The van der Waals surface area contributed by atoms with E-state index in [1.54, 1.807) is 19.1 Å². The summed E-state index contributed by atoms with van der Waals surface area (Å²) in [6.45, 7) is 1.73. The molecular formula is C30H34O12. The third-order valence-corrected chi connectivity index (χ3v) is 9.38. The summed E-state index contributed by atoms with van der Waals surface area (Å²) in [4.78, 5) is 13.4. The number of methoxy groups -OCH3 is 1. The van der Waals surface area contributed by atoms with Gasteiger partial charge in [0.2, 0.25) is 6.79 Å². The van der Waals surface area contributed by atoms with E-state index >= 15 is 0 Å². The van der Waals surface area contributed by atoms with E-state index in [9.17, 15) is 25.2 Å². The van der Waals surface area contributed by atoms with Crippen molar-refractivity contribution < 1.29 is 58.4 Å². The van der Waals surface area contributed by atoms with Gasteiger partial charge < -0.3 is 53.6 Å². The lowest BCUT2D eigenvalue weighted by Crippen LogP contribution is -2.62. The highest BCUT2D eigenvalue weighted by Gasteiger charge is 2.55. The van der Waals surface area contributed by atoms with Crippen LogP contribution < -0.4 is 14.2 Å². The first-order valence-electron chi connectivity index (χ1n) is 14.2. The number of esters is 1. The SMILES string of the molecule is COc1cc([C@@H]2c3cc4c(cc3[C@@H](C[C@@H]3O[C@@H]5CO[C@@H](C)O[C@H]5[C@H](O)[C@H]3O)C3COC(=O)C32)OCO4)cc(CO)c1O. The summed E-state index contributed by atoms with van der Waals surface area (Å²) < 4.78 is 40.1. The summed E-state index contributed by atoms with van der Waals surface area (Å²) in [5.41, 5.74) is 2.60. The lowest BCUT2D eigenvalue weighted by molar-refractivity contribution is -0.321. The van der Waals surface area contributed by atoms with Crippen LogP contribution in [0.2, 0.25) is 0 Å². The molecule has 2 aromatic rings. The number of fused-ring (bicyclic) bond motifs is 4. The molecule has 0 radical (unpaired) electrons. The van der Waals surface area contributed by atoms with Crippen LogP contribution in [0, 0.1) is 11.8 Å². The van der Waals surface area contributed by atoms with Crippen molar-refractivity contribution in [3.63, 3.8) is 0 Å². The summed E-state index contributed by atoms with van der Waals surface area (Å²) >= 11 is 0. The van der Waals surface area contributed by atoms with Gasteiger partial charge in [-0.05, 0) is 60.2 Å². The number of benzene rings is 2. The van der Waals surface area contributed by atoms with E-state index in [0.29, 0.717) is 17.1 Å². The summed E-state index contributed by atoms with van der Waals surface area (Å²) in [6, 6.07) is 7.11. The first kappa shape index (κ1) is 27.7. The van der Waals surface area contributed by atoms with Crippen molar-refractivity contribution in [2.45, 2.75) is 68.6 Å². The van der Waals surface area contributed by atoms with Crippen molar-refractivity contribution in [2.75, 3.05) is 27.1 Å². The van der Waals surface area contributed by atoms with Crippen LogP contribution in [0.1, 0.15) is 47.4 Å². The molecule has 4 aliphatic heterocycles. The highest BCUT2D eigenvalue weighted by atomic mass is 16.7. The van der Waals surface area contributed by atoms with Crippen molar-refractivity contribution in [3.8, 4) is 23.0 Å². The fourth-order valence-corrected chi connectivity index (χ4v) is 7.38. The average Bonchev–Trinajstić information content (AvgIpc) is 3.61. The number of carbonyl (C=O) groups excluding carboxylic acids is 1. The Hall–Kier alpha value is -3.13. The van der Waals surface area contributed by atoms with E-state index in [1.165, 1.54) is 7.11 Å². The van der Waals surface area contributed by atoms with Gasteiger partial charge in [0.25, 0.3) is 0 Å². The van der Waals surface area contributed by atoms with Gasteiger partial charge in [-0.3, -0.25) is 4.79 Å². The largest absolute Gasteiger partial charge is 0.504 e. The maximum absolute atomic E-state index is 13.4. The van der Waals surface area contributed by atoms with Gasteiger partial charge in [0.15, 0.2) is 29.3 Å². The second kappa shape index (κ2) is 10.5. The zero-order chi connectivity index (χ0) is 29.3. The van der Waals surface area contributed by atoms with Crippen molar-refractivity contribution >= 4 is 5.97 Å². The average molecular weight is 587 g/mol. The number of aliphatic hydroxyl groups excluding tert-OH is 3. The topological polar surface area (TPSA) is 163 Å². The maximum atomic E-state index is 13.4. The fourth-order valence-electron chi connectivity index (χ4n) is 7.38. The number of aliphatic hydroxyl groups is 3. The van der Waals surface area contributed by atoms with Crippen LogP contribution in [0.4, 0.5) is 0 Å². The van der Waals surface area contributed by atoms with E-state index in [1.807, 2.05) is 12.1 Å². The van der Waals surface area contributed by atoms with Crippen molar-refractivity contribution in [1.82, 2.24) is 0 Å². The number of hydrogen-bond acceptors (Lipinski definition) is 12. The van der Waals surface area contributed by atoms with Gasteiger partial charge in [0.1, 0.15) is 24.4 Å². The van der Waals surface area contributed by atoms with Crippen LogP contribution in [0.15, 0.2) is 24.3 Å². The predicted molar refractivity (Wildman–Crippen MR) is 141 cm³/mol. The van der Waals surface area contributed by atoms with E-state index in [-0.39, 0.29) is 61.3 Å². The Morgan fingerprint density at radius 3 is 2.48 bits per heavy atom. The normalized spacial score (nSPS) is 36.5. The molecule has 42 heavy (non-hydrogen) atoms. The third kappa shape index (κ3) is 4.31. The number of rotatable bonds is 5. The number of ether oxygens (including phenoxy) is 7. The van der Waals surface area contributed by atoms with E-state index in [0.717, 1.165) is 11.1 Å². The van der Waals surface area contributed by atoms with E-state index < -0.39 is 55.3 Å². The molecule has 12 heteroatoms. The number of hydrogen-bond donors (Lipinski definition) is 4. The van der Waals surface area contributed by atoms with Gasteiger partial charge in [-0.25, -0.2) is 0 Å². The molecule has 2 unspecified atom stereocenters. The quantitative estimate of drug-likeness (QED) is 0.372. The highest BCUT2D eigenvalue weighted by Crippen LogP contribution is 2.57. The van der Waals surface area contributed by atoms with Gasteiger partial charge in [0, 0.05) is 17.4 Å². The van der Waals surface area contributed by atoms with Crippen LogP contribution in [0.3, 0.4) is 0 Å². The predicted octanol–water partition coefficient (Wildman–Crippen LogP) is 1.28. The molecule has 0 amide bonds. The van der Waals surface area contributed by atoms with Gasteiger partial charge in [0.05, 0.1) is 39.0 Å². The molecular weight excluding hydrogens is 552 g/mol. The zero-order valence-corrected chi connectivity index (χ0v) is 23.2. The lowest BCUT2D eigenvalue weighted by atomic mass is 9.61. The molecule has 4 heterocycles. The molecule has 0 spiro atoms. The standard InChI is InChI=1S/C30H34O12/c1-12-37-10-23-29(41-12)28(34)27(33)22(42-23)6-16-15-5-19-20(40-11-39-19)7-17(15)24(25-18(16)9-38-30(25)35)13-3-14(8-31)26(32)21(4-13)36-2/h3-5,7,12,16,18,22-25,27-29,31-34H,6,8-11H2,1-2H3/t12-,16-,18?,22+,23-,24-,25?,27+,28-,29-/m1/s1. The van der Waals surface area contributed by atoms with Crippen molar-refractivity contribution in [1.29, 1.82) is 0 Å². The monoisotopic (exact) mass is 586 g/mol. The van der Waals surface area contributed by atoms with Crippen molar-refractivity contribution in [2.24, 2.45) is 11.8 Å². The molecule has 7 rings (SSSR count). The molecule has 3 saturated heterocycles. The van der Waals surface area contributed by atoms with Crippen LogP contribution in [0.5, 0.6) is 23.0 Å². The van der Waals surface area contributed by atoms with Gasteiger partial charge in [-0.1, -0.05) is 0 Å². The summed E-state index contributed by atoms with van der Waals surface area (Å²) in [7, 11) is 1.42. The Balaban J connectivity index is 1.32. The van der Waals surface area contributed by atoms with Crippen LogP contribution in [0.25, 0.3) is 0 Å². The smallest absolute Gasteiger partial charge is 0.310 e. The summed E-state index contributed by atoms with van der Waals surface area (Å²) in [5, 5.41) is 42.7. The van der Waals surface area contributed by atoms with E-state index in [2.05, 4.69) is 0 Å². The minimum absolute atomic E-state index is 0.0578. The minimum Gasteiger partial charge on any atom is -0.504 e. The number of carbonyl (C=O) groups is 1. The third-order valence-electron chi connectivity index (χ3n) is 9.38. The molecule has 0 aromatic heterocycles. The Kier molecular flexibility index (Phi) is 6.95. The molecule has 2 aromatic carbocycles. The molecule has 12 nitrogen and oxygen atoms in total. The molecule has 226 valence electrons. The van der Waals surface area contributed by atoms with Gasteiger partial charge >= 0.3 is 5.97 Å². The summed E-state index contributed by atoms with van der Waals surface area (Å²) in [6.07, 6.45) is -4.68. The Morgan fingerprint density at radius 1 is 0.976 bits per heavy atom. The number of phenols is 1. The maximum Gasteiger partial charge on any atom is 0.310 e. The Morgan fingerprint density at radius 2 is 1.74 bits per heavy atom. The van der Waals surface area contributed by atoms with Crippen LogP contribution >= 0.6 is 0 Å². The fraction of sp³-hybridized carbons (Fsp3) is 0.567. The van der Waals surface area contributed by atoms with Gasteiger partial charge in [-0.2, -0.15) is 0 Å². The Labute approximate surface area is 241 Å². The van der Waals surface area contributed by atoms with Crippen LogP contribution in [-0.4, -0.2) is 90.3 Å². The first-order valence-corrected chi connectivity index (χ1v) is 14.2. The molecule has 5 aliphatic rings. The first-order chi connectivity index (χ1) is 20.3. The van der Waals surface area contributed by atoms with Crippen LogP contribution in [-0.2, 0) is 30.3 Å². The number of aromatic hydroxyl groups is 1. The molecule has 10 atom stereocenters. The molecule has 4 N–H and O–H groups in total. The second-order valence-electron chi connectivity index (χ2n) is 11.6. The van der Waals surface area contributed by atoms with Crippen molar-refractivity contribution in [3.05, 3.63) is 46.5 Å². The minimum atomic E-state index is -1.23. The van der Waals surface area contributed by atoms with E-state index in [4.69, 9.17) is 33.2 Å². The Bertz CT molecular complexity index is 1350. The number of cyclic esters (lactones) is 1.